The van der Waals surface area contributed by atoms with Crippen molar-refractivity contribution in [3.8, 4) is 0 Å². The van der Waals surface area contributed by atoms with E-state index in [9.17, 15) is 4.39 Å². The van der Waals surface area contributed by atoms with Gasteiger partial charge < -0.3 is 10.3 Å². The predicted molar refractivity (Wildman–Crippen MR) is 99.9 cm³/mol. The zero-order chi connectivity index (χ0) is 17.9. The summed E-state index contributed by atoms with van der Waals surface area (Å²) < 4.78 is 16.6. The van der Waals surface area contributed by atoms with E-state index in [0.29, 0.717) is 23.4 Å². The maximum atomic E-state index is 14.6. The molecule has 0 unspecified atom stereocenters. The van der Waals surface area contributed by atoms with Crippen LogP contribution >= 0.6 is 0 Å². The first-order valence-corrected chi connectivity index (χ1v) is 8.13. The van der Waals surface area contributed by atoms with E-state index in [4.69, 9.17) is 5.73 Å². The predicted octanol–water partition coefficient (Wildman–Crippen LogP) is 3.66. The summed E-state index contributed by atoms with van der Waals surface area (Å²) >= 11 is 0. The second kappa shape index (κ2) is 6.76. The summed E-state index contributed by atoms with van der Waals surface area (Å²) in [6.45, 7) is 0.419. The molecule has 0 atom stereocenters. The maximum Gasteiger partial charge on any atom is 0.131 e. The van der Waals surface area contributed by atoms with Crippen molar-refractivity contribution >= 4 is 22.6 Å². The van der Waals surface area contributed by atoms with Gasteiger partial charge in [-0.2, -0.15) is 0 Å². The first-order valence-electron chi connectivity index (χ1n) is 8.13. The van der Waals surface area contributed by atoms with Crippen molar-refractivity contribution < 1.29 is 4.39 Å². The minimum atomic E-state index is -0.318. The lowest BCUT2D eigenvalue weighted by atomic mass is 10.1. The van der Waals surface area contributed by atoms with E-state index in [-0.39, 0.29) is 11.7 Å². The molecule has 0 spiro atoms. The molecule has 4 aromatic rings. The quantitative estimate of drug-likeness (QED) is 0.453. The van der Waals surface area contributed by atoms with Crippen molar-refractivity contribution in [1.82, 2.24) is 14.5 Å². The highest BCUT2D eigenvalue weighted by atomic mass is 19.1. The molecule has 0 saturated carbocycles. The summed E-state index contributed by atoms with van der Waals surface area (Å²) in [4.78, 5) is 12.5. The number of amidine groups is 1. The number of nitrogens with two attached hydrogens (primary N) is 1. The molecule has 3 aromatic heterocycles. The molecule has 3 heterocycles. The molecule has 0 radical (unpaired) electrons. The molecule has 128 valence electrons. The highest BCUT2D eigenvalue weighted by Crippen LogP contribution is 2.18. The van der Waals surface area contributed by atoms with Gasteiger partial charge in [-0.3, -0.25) is 9.97 Å². The fourth-order valence-electron chi connectivity index (χ4n) is 2.80. The lowest BCUT2D eigenvalue weighted by Gasteiger charge is -2.09. The van der Waals surface area contributed by atoms with Crippen LogP contribution in [-0.4, -0.2) is 20.4 Å². The van der Waals surface area contributed by atoms with Crippen molar-refractivity contribution in [2.45, 2.75) is 6.54 Å². The second-order valence-corrected chi connectivity index (χ2v) is 5.86. The molecule has 0 aliphatic rings. The number of aromatic nitrogens is 3. The van der Waals surface area contributed by atoms with Gasteiger partial charge in [0, 0.05) is 35.9 Å². The molecule has 26 heavy (non-hydrogen) atoms. The number of hydrogen-bond donors (Lipinski definition) is 1. The van der Waals surface area contributed by atoms with E-state index in [1.165, 1.54) is 6.07 Å². The number of benzene rings is 1. The van der Waals surface area contributed by atoms with E-state index in [2.05, 4.69) is 15.0 Å². The number of nitrogens with zero attached hydrogens (tertiary/aromatic N) is 4. The van der Waals surface area contributed by atoms with Crippen LogP contribution in [0.1, 0.15) is 11.1 Å². The van der Waals surface area contributed by atoms with Gasteiger partial charge in [-0.25, -0.2) is 9.38 Å². The zero-order valence-electron chi connectivity index (χ0n) is 13.9. The van der Waals surface area contributed by atoms with Crippen molar-refractivity contribution in [2.24, 2.45) is 10.7 Å². The van der Waals surface area contributed by atoms with Crippen LogP contribution in [-0.2, 0) is 6.54 Å². The SMILES string of the molecule is NC(=Nc1ccncc1)c1ccc(Cn2ccc3ncccc32)c(F)c1. The second-order valence-electron chi connectivity index (χ2n) is 5.86. The van der Waals surface area contributed by atoms with E-state index in [0.717, 1.165) is 11.0 Å². The van der Waals surface area contributed by atoms with Crippen LogP contribution in [0.5, 0.6) is 0 Å². The third kappa shape index (κ3) is 3.17. The monoisotopic (exact) mass is 345 g/mol. The summed E-state index contributed by atoms with van der Waals surface area (Å²) in [6.07, 6.45) is 6.91. The van der Waals surface area contributed by atoms with Crippen LogP contribution < -0.4 is 5.73 Å². The van der Waals surface area contributed by atoms with Gasteiger partial charge in [0.15, 0.2) is 0 Å². The van der Waals surface area contributed by atoms with Gasteiger partial charge in [0.2, 0.25) is 0 Å². The van der Waals surface area contributed by atoms with Gasteiger partial charge in [-0.05, 0) is 36.4 Å². The first kappa shape index (κ1) is 16.0. The smallest absolute Gasteiger partial charge is 0.131 e. The first-order chi connectivity index (χ1) is 12.7. The maximum absolute atomic E-state index is 14.6. The molecular formula is C20H16FN5. The van der Waals surface area contributed by atoms with Crippen LogP contribution in [0.4, 0.5) is 10.1 Å². The Kier molecular flexibility index (Phi) is 4.15. The van der Waals surface area contributed by atoms with E-state index in [1.807, 2.05) is 29.0 Å². The Balaban J connectivity index is 1.61. The summed E-state index contributed by atoms with van der Waals surface area (Å²) in [5.41, 5.74) is 9.65. The molecule has 0 aliphatic carbocycles. The van der Waals surface area contributed by atoms with Gasteiger partial charge in [0.1, 0.15) is 11.7 Å². The number of fused-ring (bicyclic) bond motifs is 1. The number of hydrogen-bond acceptors (Lipinski definition) is 3. The third-order valence-corrected chi connectivity index (χ3v) is 4.14. The molecule has 0 amide bonds. The Labute approximate surface area is 149 Å². The van der Waals surface area contributed by atoms with Gasteiger partial charge in [0.25, 0.3) is 0 Å². The highest BCUT2D eigenvalue weighted by molar-refractivity contribution is 5.99. The van der Waals surface area contributed by atoms with Crippen molar-refractivity contribution in [3.63, 3.8) is 0 Å². The van der Waals surface area contributed by atoms with Gasteiger partial charge in [0.05, 0.1) is 23.3 Å². The van der Waals surface area contributed by atoms with E-state index < -0.39 is 0 Å². The normalized spacial score (nSPS) is 11.8. The lowest BCUT2D eigenvalue weighted by Crippen LogP contribution is -2.13. The van der Waals surface area contributed by atoms with Crippen molar-refractivity contribution in [3.05, 3.63) is 90.3 Å². The van der Waals surface area contributed by atoms with Crippen LogP contribution in [0.15, 0.2) is 78.3 Å². The lowest BCUT2D eigenvalue weighted by molar-refractivity contribution is 0.601. The largest absolute Gasteiger partial charge is 0.383 e. The Morgan fingerprint density at radius 2 is 1.92 bits per heavy atom. The molecule has 5 nitrogen and oxygen atoms in total. The Morgan fingerprint density at radius 1 is 1.08 bits per heavy atom. The van der Waals surface area contributed by atoms with Gasteiger partial charge >= 0.3 is 0 Å². The van der Waals surface area contributed by atoms with Crippen LogP contribution in [0.25, 0.3) is 11.0 Å². The van der Waals surface area contributed by atoms with Gasteiger partial charge in [-0.1, -0.05) is 12.1 Å². The molecule has 0 aliphatic heterocycles. The minimum Gasteiger partial charge on any atom is -0.383 e. The standard InChI is InChI=1S/C20H16FN5/c21-17-12-14(20(22)25-16-5-9-23-10-6-16)3-4-15(17)13-26-11-7-18-19(26)2-1-8-24-18/h1-12H,13H2,(H2,22,23,25). The summed E-state index contributed by atoms with van der Waals surface area (Å²) in [7, 11) is 0. The average Bonchev–Trinajstić information content (AvgIpc) is 3.07. The fraction of sp³-hybridized carbons (Fsp3) is 0.0500. The molecule has 4 rings (SSSR count). The van der Waals surface area contributed by atoms with Gasteiger partial charge in [-0.15, -0.1) is 0 Å². The molecule has 2 N–H and O–H groups in total. The molecule has 0 fully saturated rings. The van der Waals surface area contributed by atoms with Crippen LogP contribution in [0.3, 0.4) is 0 Å². The Hall–Kier alpha value is -3.54. The van der Waals surface area contributed by atoms with Crippen molar-refractivity contribution in [2.75, 3.05) is 0 Å². The Bertz CT molecular complexity index is 1090. The zero-order valence-corrected chi connectivity index (χ0v) is 13.9. The fourth-order valence-corrected chi connectivity index (χ4v) is 2.80. The number of rotatable bonds is 4. The minimum absolute atomic E-state index is 0.261. The Morgan fingerprint density at radius 3 is 2.73 bits per heavy atom. The molecule has 0 saturated heterocycles. The number of pyridine rings is 2. The third-order valence-electron chi connectivity index (χ3n) is 4.14. The number of aliphatic imine (C=N–C) groups is 1. The van der Waals surface area contributed by atoms with Crippen LogP contribution in [0, 0.1) is 5.82 Å². The van der Waals surface area contributed by atoms with E-state index in [1.54, 1.807) is 42.9 Å². The topological polar surface area (TPSA) is 69.1 Å². The van der Waals surface area contributed by atoms with Crippen LogP contribution in [0.2, 0.25) is 0 Å². The molecule has 6 heteroatoms. The highest BCUT2D eigenvalue weighted by Gasteiger charge is 2.09. The summed E-state index contributed by atoms with van der Waals surface area (Å²) in [5, 5.41) is 0. The summed E-state index contributed by atoms with van der Waals surface area (Å²) in [5.74, 6) is -0.0571. The summed E-state index contributed by atoms with van der Waals surface area (Å²) in [6, 6.07) is 14.2. The molecular weight excluding hydrogens is 329 g/mol. The van der Waals surface area contributed by atoms with E-state index >= 15 is 0 Å². The average molecular weight is 345 g/mol. The molecule has 1 aromatic carbocycles. The van der Waals surface area contributed by atoms with Crippen molar-refractivity contribution in [1.29, 1.82) is 0 Å². The molecule has 0 bridgehead atoms. The number of halogens is 1.